The molecule has 28 heavy (non-hydrogen) atoms. The minimum atomic E-state index is -0.897. The standard InChI is InChI=1S/C18H26N6O4/c1-11(25)23-6-3-5-15(23)18(28)24-7-2-4-14(24)17(27)22-13(16(19)26)8-12-9-20-10-21-12/h9-10,13-15H,2-8H2,1H3,(H2,19,26)(H,20,21)(H,22,27)/t13-,14-,15-/m0/s1. The predicted molar refractivity (Wildman–Crippen MR) is 98.6 cm³/mol. The summed E-state index contributed by atoms with van der Waals surface area (Å²) in [5.74, 6) is -1.39. The van der Waals surface area contributed by atoms with Crippen LogP contribution in [0.15, 0.2) is 12.5 Å². The lowest BCUT2D eigenvalue weighted by Crippen LogP contribution is -2.55. The second kappa shape index (κ2) is 8.41. The van der Waals surface area contributed by atoms with Crippen LogP contribution in [-0.4, -0.2) is 74.6 Å². The highest BCUT2D eigenvalue weighted by Gasteiger charge is 2.41. The van der Waals surface area contributed by atoms with Crippen molar-refractivity contribution in [3.63, 3.8) is 0 Å². The zero-order valence-corrected chi connectivity index (χ0v) is 15.9. The van der Waals surface area contributed by atoms with Gasteiger partial charge in [0.2, 0.25) is 23.6 Å². The van der Waals surface area contributed by atoms with Crippen LogP contribution in [0.1, 0.15) is 38.3 Å². The van der Waals surface area contributed by atoms with E-state index in [1.165, 1.54) is 18.2 Å². The first kappa shape index (κ1) is 19.8. The third-order valence-electron chi connectivity index (χ3n) is 5.42. The summed E-state index contributed by atoms with van der Waals surface area (Å²) in [5, 5.41) is 2.67. The van der Waals surface area contributed by atoms with Crippen molar-refractivity contribution in [2.75, 3.05) is 13.1 Å². The van der Waals surface area contributed by atoms with E-state index in [1.54, 1.807) is 11.1 Å². The fourth-order valence-corrected chi connectivity index (χ4v) is 4.00. The molecule has 2 aliphatic rings. The number of hydrogen-bond acceptors (Lipinski definition) is 5. The van der Waals surface area contributed by atoms with Crippen molar-refractivity contribution >= 4 is 23.6 Å². The van der Waals surface area contributed by atoms with Crippen LogP contribution in [0.25, 0.3) is 0 Å². The molecule has 3 rings (SSSR count). The zero-order valence-electron chi connectivity index (χ0n) is 15.9. The molecule has 152 valence electrons. The van der Waals surface area contributed by atoms with E-state index in [-0.39, 0.29) is 18.2 Å². The summed E-state index contributed by atoms with van der Waals surface area (Å²) >= 11 is 0. The van der Waals surface area contributed by atoms with Crippen molar-refractivity contribution in [3.05, 3.63) is 18.2 Å². The molecule has 10 nitrogen and oxygen atoms in total. The molecule has 1 aromatic heterocycles. The van der Waals surface area contributed by atoms with Gasteiger partial charge in [-0.05, 0) is 25.7 Å². The van der Waals surface area contributed by atoms with Gasteiger partial charge < -0.3 is 25.8 Å². The Hall–Kier alpha value is -2.91. The van der Waals surface area contributed by atoms with Crippen LogP contribution in [0.2, 0.25) is 0 Å². The molecular formula is C18H26N6O4. The summed E-state index contributed by atoms with van der Waals surface area (Å²) < 4.78 is 0. The fourth-order valence-electron chi connectivity index (χ4n) is 4.00. The number of carbonyl (C=O) groups is 4. The van der Waals surface area contributed by atoms with E-state index in [0.29, 0.717) is 38.0 Å². The largest absolute Gasteiger partial charge is 0.368 e. The van der Waals surface area contributed by atoms with Crippen LogP contribution in [0.3, 0.4) is 0 Å². The Kier molecular flexibility index (Phi) is 5.96. The van der Waals surface area contributed by atoms with Gasteiger partial charge in [-0.1, -0.05) is 0 Å². The number of imidazole rings is 1. The van der Waals surface area contributed by atoms with E-state index < -0.39 is 29.9 Å². The summed E-state index contributed by atoms with van der Waals surface area (Å²) in [6.45, 7) is 2.47. The number of hydrogen-bond donors (Lipinski definition) is 3. The van der Waals surface area contributed by atoms with Crippen molar-refractivity contribution < 1.29 is 19.2 Å². The molecule has 10 heteroatoms. The molecule has 0 aliphatic carbocycles. The van der Waals surface area contributed by atoms with E-state index in [2.05, 4.69) is 15.3 Å². The molecule has 3 atom stereocenters. The number of nitrogens with zero attached hydrogens (tertiary/aromatic N) is 3. The zero-order chi connectivity index (χ0) is 20.3. The van der Waals surface area contributed by atoms with E-state index in [9.17, 15) is 19.2 Å². The number of likely N-dealkylation sites (tertiary alicyclic amines) is 2. The molecule has 2 aliphatic heterocycles. The molecular weight excluding hydrogens is 364 g/mol. The molecule has 0 saturated carbocycles. The number of rotatable bonds is 6. The first-order valence-corrected chi connectivity index (χ1v) is 9.53. The van der Waals surface area contributed by atoms with Crippen molar-refractivity contribution in [2.24, 2.45) is 5.73 Å². The number of aromatic amines is 1. The molecule has 0 spiro atoms. The third-order valence-corrected chi connectivity index (χ3v) is 5.42. The van der Waals surface area contributed by atoms with Gasteiger partial charge in [-0.25, -0.2) is 4.98 Å². The Morgan fingerprint density at radius 3 is 2.50 bits per heavy atom. The third kappa shape index (κ3) is 4.15. The highest BCUT2D eigenvalue weighted by molar-refractivity contribution is 5.94. The van der Waals surface area contributed by atoms with Crippen molar-refractivity contribution in [1.82, 2.24) is 25.1 Å². The summed E-state index contributed by atoms with van der Waals surface area (Å²) in [6.07, 6.45) is 5.82. The van der Waals surface area contributed by atoms with Crippen LogP contribution >= 0.6 is 0 Å². The Morgan fingerprint density at radius 2 is 1.89 bits per heavy atom. The topological polar surface area (TPSA) is 141 Å². The number of H-pyrrole nitrogens is 1. The van der Waals surface area contributed by atoms with Crippen molar-refractivity contribution in [1.29, 1.82) is 0 Å². The van der Waals surface area contributed by atoms with Gasteiger partial charge >= 0.3 is 0 Å². The molecule has 0 aromatic carbocycles. The molecule has 3 heterocycles. The Bertz CT molecular complexity index is 749. The van der Waals surface area contributed by atoms with Gasteiger partial charge in [-0.2, -0.15) is 0 Å². The van der Waals surface area contributed by atoms with E-state index >= 15 is 0 Å². The second-order valence-corrected chi connectivity index (χ2v) is 7.30. The normalized spacial score (nSPS) is 22.9. The summed E-state index contributed by atoms with van der Waals surface area (Å²) in [7, 11) is 0. The van der Waals surface area contributed by atoms with E-state index in [0.717, 1.165) is 6.42 Å². The van der Waals surface area contributed by atoms with Gasteiger partial charge in [-0.15, -0.1) is 0 Å². The summed E-state index contributed by atoms with van der Waals surface area (Å²) in [6, 6.07) is -2.07. The van der Waals surface area contributed by atoms with Gasteiger partial charge in [0.25, 0.3) is 0 Å². The maximum atomic E-state index is 13.0. The number of nitrogens with one attached hydrogen (secondary N) is 2. The van der Waals surface area contributed by atoms with Gasteiger partial charge in [-0.3, -0.25) is 19.2 Å². The summed E-state index contributed by atoms with van der Waals surface area (Å²) in [4.78, 5) is 59.2. The first-order chi connectivity index (χ1) is 13.4. The second-order valence-electron chi connectivity index (χ2n) is 7.30. The Morgan fingerprint density at radius 1 is 1.21 bits per heavy atom. The molecule has 0 bridgehead atoms. The smallest absolute Gasteiger partial charge is 0.246 e. The minimum Gasteiger partial charge on any atom is -0.368 e. The fraction of sp³-hybridized carbons (Fsp3) is 0.611. The molecule has 4 amide bonds. The van der Waals surface area contributed by atoms with Crippen LogP contribution in [0, 0.1) is 0 Å². The number of primary amides is 1. The van der Waals surface area contributed by atoms with Gasteiger partial charge in [0.05, 0.1) is 6.33 Å². The molecule has 0 unspecified atom stereocenters. The predicted octanol–water partition coefficient (Wildman–Crippen LogP) is -1.08. The Labute approximate surface area is 162 Å². The SMILES string of the molecule is CC(=O)N1CCC[C@H]1C(=O)N1CCC[C@H]1C(=O)N[C@@H](Cc1cnc[nH]1)C(N)=O. The van der Waals surface area contributed by atoms with Crippen LogP contribution in [-0.2, 0) is 25.6 Å². The molecule has 2 saturated heterocycles. The van der Waals surface area contributed by atoms with Crippen molar-refractivity contribution in [2.45, 2.75) is 57.2 Å². The van der Waals surface area contributed by atoms with Gasteiger partial charge in [0.1, 0.15) is 18.1 Å². The minimum absolute atomic E-state index is 0.135. The van der Waals surface area contributed by atoms with Gasteiger partial charge in [0.15, 0.2) is 0 Å². The lowest BCUT2D eigenvalue weighted by molar-refractivity contribution is -0.146. The summed E-state index contributed by atoms with van der Waals surface area (Å²) in [5.41, 5.74) is 6.11. The Balaban J connectivity index is 1.67. The average molecular weight is 390 g/mol. The lowest BCUT2D eigenvalue weighted by Gasteiger charge is -2.31. The number of aromatic nitrogens is 2. The molecule has 2 fully saturated rings. The average Bonchev–Trinajstić information content (AvgIpc) is 3.40. The molecule has 4 N–H and O–H groups in total. The highest BCUT2D eigenvalue weighted by atomic mass is 16.2. The molecule has 0 radical (unpaired) electrons. The van der Waals surface area contributed by atoms with Crippen LogP contribution in [0.5, 0.6) is 0 Å². The van der Waals surface area contributed by atoms with Crippen molar-refractivity contribution in [3.8, 4) is 0 Å². The maximum absolute atomic E-state index is 13.0. The van der Waals surface area contributed by atoms with Crippen LogP contribution < -0.4 is 11.1 Å². The first-order valence-electron chi connectivity index (χ1n) is 9.53. The molecule has 1 aromatic rings. The lowest BCUT2D eigenvalue weighted by atomic mass is 10.1. The highest BCUT2D eigenvalue weighted by Crippen LogP contribution is 2.25. The number of nitrogens with two attached hydrogens (primary N) is 1. The number of amides is 4. The number of carbonyl (C=O) groups excluding carboxylic acids is 4. The van der Waals surface area contributed by atoms with Gasteiger partial charge in [0, 0.05) is 38.3 Å². The van der Waals surface area contributed by atoms with E-state index in [4.69, 9.17) is 5.73 Å². The monoisotopic (exact) mass is 390 g/mol. The van der Waals surface area contributed by atoms with E-state index in [1.807, 2.05) is 0 Å². The maximum Gasteiger partial charge on any atom is 0.246 e. The quantitative estimate of drug-likeness (QED) is 0.567. The van der Waals surface area contributed by atoms with Crippen LogP contribution in [0.4, 0.5) is 0 Å².